The highest BCUT2D eigenvalue weighted by atomic mass is 32.1. The van der Waals surface area contributed by atoms with Crippen molar-refractivity contribution in [2.24, 2.45) is 41.4 Å². The summed E-state index contributed by atoms with van der Waals surface area (Å²) in [5, 5.41) is 28.0. The van der Waals surface area contributed by atoms with E-state index in [9.17, 15) is 34.2 Å². The van der Waals surface area contributed by atoms with E-state index in [-0.39, 0.29) is 67.3 Å². The van der Waals surface area contributed by atoms with Crippen molar-refractivity contribution < 1.29 is 72.1 Å². The quantitative estimate of drug-likeness (QED) is 0.0291. The van der Waals surface area contributed by atoms with E-state index in [4.69, 9.17) is 28.6 Å². The molecule has 3 heterocycles. The van der Waals surface area contributed by atoms with Gasteiger partial charge in [0.25, 0.3) is 11.7 Å². The third-order valence-electron chi connectivity index (χ3n) is 15.0. The summed E-state index contributed by atoms with van der Waals surface area (Å²) in [6.07, 6.45) is 12.2. The van der Waals surface area contributed by atoms with E-state index in [0.29, 0.717) is 56.9 Å². The second-order valence-corrected chi connectivity index (χ2v) is 20.4. The van der Waals surface area contributed by atoms with Gasteiger partial charge in [0, 0.05) is 77.3 Å². The van der Waals surface area contributed by atoms with E-state index in [1.54, 1.807) is 41.1 Å². The van der Waals surface area contributed by atoms with Gasteiger partial charge >= 0.3 is 5.97 Å². The summed E-state index contributed by atoms with van der Waals surface area (Å²) < 4.78 is 34.0. The van der Waals surface area contributed by atoms with Crippen molar-refractivity contribution in [2.45, 2.75) is 174 Å². The number of esters is 1. The van der Waals surface area contributed by atoms with Gasteiger partial charge in [-0.3, -0.25) is 19.2 Å². The van der Waals surface area contributed by atoms with Crippen LogP contribution < -0.4 is 0 Å². The van der Waals surface area contributed by atoms with Crippen molar-refractivity contribution in [2.75, 3.05) is 34.5 Å². The largest absolute Gasteiger partial charge is 0.460 e. The predicted molar refractivity (Wildman–Crippen MR) is 260 cm³/mol. The molecule has 69 heavy (non-hydrogen) atoms. The van der Waals surface area contributed by atoms with Gasteiger partial charge in [-0.15, -0.1) is 4.33 Å². The molecular weight excluding hydrogens is 911 g/mol. The number of piperidine rings is 1. The normalized spacial score (nSPS) is 38.8. The van der Waals surface area contributed by atoms with Gasteiger partial charge in [-0.1, -0.05) is 76.1 Å². The number of aliphatic hydroxyl groups excluding tert-OH is 1. The maximum atomic E-state index is 14.5. The predicted octanol–water partition coefficient (Wildman–Crippen LogP) is 7.16. The first-order valence-corrected chi connectivity index (χ1v) is 25.2. The lowest BCUT2D eigenvalue weighted by Crippen LogP contribution is -2.61. The number of thiol groups is 1. The van der Waals surface area contributed by atoms with Crippen LogP contribution in [0.1, 0.15) is 126 Å². The van der Waals surface area contributed by atoms with Crippen LogP contribution in [0.25, 0.3) is 0 Å². The van der Waals surface area contributed by atoms with Crippen LogP contribution in [0.15, 0.2) is 47.6 Å². The van der Waals surface area contributed by atoms with Crippen molar-refractivity contribution in [3.8, 4) is 0 Å². The Balaban J connectivity index is 1.69. The number of rotatable bonds is 10. The average Bonchev–Trinajstić information content (AvgIpc) is 3.33. The number of methoxy groups -OCH3 is 3. The highest BCUT2D eigenvalue weighted by Gasteiger charge is 2.53. The number of hydrogen-bond acceptors (Lipinski definition) is 16. The first-order valence-electron chi connectivity index (χ1n) is 24.9. The summed E-state index contributed by atoms with van der Waals surface area (Å²) in [6.45, 7) is 13.0. The number of nitrogens with zero attached hydrogens (tertiary/aromatic N) is 1. The molecule has 4 aliphatic rings. The van der Waals surface area contributed by atoms with E-state index >= 15 is 0 Å². The first kappa shape index (κ1) is 58.5. The Morgan fingerprint density at radius 3 is 2.30 bits per heavy atom. The Kier molecular flexibility index (Phi) is 23.9. The molecule has 1 saturated carbocycles. The van der Waals surface area contributed by atoms with Gasteiger partial charge in [0.2, 0.25) is 5.79 Å². The Morgan fingerprint density at radius 1 is 0.884 bits per heavy atom. The molecule has 16 nitrogen and oxygen atoms in total. The molecule has 0 aromatic carbocycles. The minimum atomic E-state index is -2.44. The van der Waals surface area contributed by atoms with Crippen LogP contribution in [0.5, 0.6) is 0 Å². The summed E-state index contributed by atoms with van der Waals surface area (Å²) in [7, 11) is 4.59. The van der Waals surface area contributed by atoms with Gasteiger partial charge < -0.3 is 38.8 Å². The van der Waals surface area contributed by atoms with E-state index in [1.165, 1.54) is 12.0 Å². The van der Waals surface area contributed by atoms with Crippen molar-refractivity contribution in [3.63, 3.8) is 0 Å². The fourth-order valence-corrected chi connectivity index (χ4v) is 10.6. The Bertz CT molecular complexity index is 1840. The second kappa shape index (κ2) is 28.2. The van der Waals surface area contributed by atoms with Crippen molar-refractivity contribution in [1.29, 1.82) is 0 Å². The van der Waals surface area contributed by atoms with Gasteiger partial charge in [-0.25, -0.2) is 9.68 Å². The molecule has 4 rings (SSSR count). The Hall–Kier alpha value is -3.10. The molecule has 0 spiro atoms. The molecule has 3 fully saturated rings. The first-order chi connectivity index (χ1) is 32.8. The summed E-state index contributed by atoms with van der Waals surface area (Å²) >= 11 is 3.54. The van der Waals surface area contributed by atoms with E-state index < -0.39 is 77.8 Å². The van der Waals surface area contributed by atoms with Crippen LogP contribution in [-0.4, -0.2) is 127 Å². The SMILES string of the molecule is COC1CC(C[C@@H](C)[C@@H]2CC(=O)[C@H](C)/C=C(\C)[C@@H](O)C(OC)C(=O)C(C)C[C@H](C)/C=C/C=C/C=C(\C)[C@@H](OC)C[C@@H]3CC[C@@H](C)[C@@](O)(O3)C(=O)C(=O)N3CCCCC3C(=O)O2)CC[C@H]1COOOS. The van der Waals surface area contributed by atoms with Crippen molar-refractivity contribution in [3.05, 3.63) is 47.6 Å². The summed E-state index contributed by atoms with van der Waals surface area (Å²) in [5.74, 6) is -7.97. The molecule has 3 aliphatic heterocycles. The summed E-state index contributed by atoms with van der Waals surface area (Å²) in [6, 6.07) is -1.15. The number of hydrogen-bond donors (Lipinski definition) is 3. The van der Waals surface area contributed by atoms with Crippen LogP contribution in [0, 0.1) is 41.4 Å². The number of cyclic esters (lactones) is 1. The number of Topliss-reactive ketones (excluding diaryl/α,β-unsaturated/α-hetero) is 3. The number of fused-ring (bicyclic) bond motifs is 3. The van der Waals surface area contributed by atoms with Crippen LogP contribution in [0.2, 0.25) is 0 Å². The highest BCUT2D eigenvalue weighted by Crippen LogP contribution is 2.39. The number of amides is 1. The van der Waals surface area contributed by atoms with Crippen molar-refractivity contribution >= 4 is 42.1 Å². The van der Waals surface area contributed by atoms with Gasteiger partial charge in [-0.2, -0.15) is 0 Å². The number of carbonyl (C=O) groups is 5. The minimum absolute atomic E-state index is 0.0134. The fraction of sp³-hybridized carbons (Fsp3) is 0.750. The molecule has 2 N–H and O–H groups in total. The van der Waals surface area contributed by atoms with Crippen LogP contribution in [-0.2, 0) is 61.9 Å². The number of ketones is 3. The Labute approximate surface area is 415 Å². The van der Waals surface area contributed by atoms with Crippen molar-refractivity contribution in [1.82, 2.24) is 4.90 Å². The zero-order chi connectivity index (χ0) is 51.0. The molecule has 0 radical (unpaired) electrons. The monoisotopic (exact) mass is 992 g/mol. The lowest BCUT2D eigenvalue weighted by atomic mass is 9.75. The Morgan fingerprint density at radius 2 is 1.62 bits per heavy atom. The van der Waals surface area contributed by atoms with E-state index in [1.807, 2.05) is 58.1 Å². The van der Waals surface area contributed by atoms with E-state index in [2.05, 4.69) is 22.3 Å². The van der Waals surface area contributed by atoms with Crippen LogP contribution in [0.4, 0.5) is 0 Å². The molecule has 1 aliphatic carbocycles. The number of ether oxygens (including phenoxy) is 5. The second-order valence-electron chi connectivity index (χ2n) is 20.2. The molecule has 2 bridgehead atoms. The average molecular weight is 992 g/mol. The smallest absolute Gasteiger partial charge is 0.329 e. The lowest BCUT2D eigenvalue weighted by Gasteiger charge is -2.42. The topological polar surface area (TPSA) is 203 Å². The van der Waals surface area contributed by atoms with Gasteiger partial charge in [0.1, 0.15) is 30.1 Å². The molecule has 17 heteroatoms. The lowest BCUT2D eigenvalue weighted by molar-refractivity contribution is -0.463. The zero-order valence-electron chi connectivity index (χ0n) is 42.5. The van der Waals surface area contributed by atoms with Gasteiger partial charge in [0.15, 0.2) is 5.78 Å². The molecule has 5 unspecified atom stereocenters. The molecular formula is C52H81NO15S. The number of allylic oxidation sites excluding steroid dienone is 6. The van der Waals surface area contributed by atoms with Gasteiger partial charge in [0.05, 0.1) is 24.9 Å². The molecule has 15 atom stereocenters. The maximum Gasteiger partial charge on any atom is 0.329 e. The number of aliphatic hydroxyl groups is 2. The summed E-state index contributed by atoms with van der Waals surface area (Å²) in [5.41, 5.74) is 1.26. The molecule has 0 aromatic heterocycles. The van der Waals surface area contributed by atoms with E-state index in [0.717, 1.165) is 18.4 Å². The third kappa shape index (κ3) is 16.2. The van der Waals surface area contributed by atoms with Crippen LogP contribution in [0.3, 0.4) is 0 Å². The molecule has 0 aromatic rings. The minimum Gasteiger partial charge on any atom is -0.460 e. The maximum absolute atomic E-state index is 14.5. The fourth-order valence-electron chi connectivity index (χ4n) is 10.6. The third-order valence-corrected chi connectivity index (χ3v) is 15.1. The highest BCUT2D eigenvalue weighted by molar-refractivity contribution is 7.74. The zero-order valence-corrected chi connectivity index (χ0v) is 43.4. The standard InChI is InChI=1S/C52H81NO15S/c1-31-16-12-11-13-17-32(2)43(61-8)28-40-22-19-37(7)52(60,66-40)49(57)50(58)53-23-15-14-18-41(53)51(59)65-44(34(4)26-38-20-21-39(30-64-67-68-69)45(27-38)62-9)29-42(54)33(3)25-36(6)47(56)48(63-10)46(55)35(5)24-31/h11-13,16-17,25,31,33-35,37-41,43-45,47-48,56,60,69H,14-15,18-24,26-30H2,1-10H3/b13-11+,16-12+,32-17+,36-25+/t31-,33-,34-,35?,37-,38?,39+,40+,41?,43+,44+,45?,47-,48?,52-/m1/s1. The molecule has 2 saturated heterocycles. The molecule has 1 amide bonds. The molecule has 390 valence electrons. The number of carbonyl (C=O) groups excluding carboxylic acids is 5. The van der Waals surface area contributed by atoms with Crippen LogP contribution >= 0.6 is 12.9 Å². The summed E-state index contributed by atoms with van der Waals surface area (Å²) in [4.78, 5) is 77.3. The van der Waals surface area contributed by atoms with Gasteiger partial charge in [-0.05, 0) is 107 Å².